The Kier molecular flexibility index (Phi) is 4.76. The van der Waals surface area contributed by atoms with Gasteiger partial charge in [0.2, 0.25) is 0 Å². The molecule has 0 saturated carbocycles. The van der Waals surface area contributed by atoms with Crippen LogP contribution in [0.3, 0.4) is 0 Å². The lowest BCUT2D eigenvalue weighted by Gasteiger charge is -2.11. The van der Waals surface area contributed by atoms with Gasteiger partial charge in [0.15, 0.2) is 5.78 Å². The molecular weight excluding hydrogens is 296 g/mol. The van der Waals surface area contributed by atoms with Crippen molar-refractivity contribution >= 4 is 5.78 Å². The van der Waals surface area contributed by atoms with Crippen LogP contribution in [0.5, 0.6) is 5.75 Å². The van der Waals surface area contributed by atoms with E-state index in [2.05, 4.69) is 6.92 Å². The van der Waals surface area contributed by atoms with Crippen LogP contribution in [0.1, 0.15) is 28.4 Å². The summed E-state index contributed by atoms with van der Waals surface area (Å²) in [5.41, 5.74) is 5.12. The molecule has 0 saturated heterocycles. The van der Waals surface area contributed by atoms with Gasteiger partial charge in [-0.1, -0.05) is 54.6 Å². The molecule has 0 aromatic heterocycles. The number of ether oxygens (including phenoxy) is 1. The van der Waals surface area contributed by atoms with Crippen LogP contribution in [0.25, 0.3) is 11.1 Å². The zero-order valence-corrected chi connectivity index (χ0v) is 14.0. The number of carbonyl (C=O) groups is 1. The van der Waals surface area contributed by atoms with Gasteiger partial charge in [-0.3, -0.25) is 4.79 Å². The highest BCUT2D eigenvalue weighted by Crippen LogP contribution is 2.28. The van der Waals surface area contributed by atoms with E-state index in [1.807, 2.05) is 72.8 Å². The molecule has 3 rings (SSSR count). The average Bonchev–Trinajstić information content (AvgIpc) is 2.61. The predicted molar refractivity (Wildman–Crippen MR) is 97.4 cm³/mol. The first-order valence-corrected chi connectivity index (χ1v) is 8.02. The molecule has 2 heteroatoms. The summed E-state index contributed by atoms with van der Waals surface area (Å²) < 4.78 is 5.90. The molecule has 120 valence electrons. The van der Waals surface area contributed by atoms with Crippen LogP contribution in [-0.2, 0) is 6.61 Å². The molecule has 24 heavy (non-hydrogen) atoms. The Morgan fingerprint density at radius 1 is 0.917 bits per heavy atom. The monoisotopic (exact) mass is 316 g/mol. The molecule has 0 amide bonds. The van der Waals surface area contributed by atoms with Gasteiger partial charge in [0.25, 0.3) is 0 Å². The highest BCUT2D eigenvalue weighted by molar-refractivity contribution is 5.95. The summed E-state index contributed by atoms with van der Waals surface area (Å²) in [4.78, 5) is 11.6. The number of carbonyl (C=O) groups excluding carboxylic acids is 1. The van der Waals surface area contributed by atoms with E-state index >= 15 is 0 Å². The van der Waals surface area contributed by atoms with Crippen LogP contribution in [0.15, 0.2) is 72.8 Å². The van der Waals surface area contributed by atoms with Gasteiger partial charge in [0.1, 0.15) is 12.4 Å². The zero-order valence-electron chi connectivity index (χ0n) is 14.0. The molecule has 0 unspecified atom stereocenters. The molecule has 3 aromatic carbocycles. The fourth-order valence-corrected chi connectivity index (χ4v) is 2.65. The molecule has 0 aliphatic heterocycles. The van der Waals surface area contributed by atoms with E-state index in [4.69, 9.17) is 4.74 Å². The van der Waals surface area contributed by atoms with Crippen LogP contribution < -0.4 is 4.74 Å². The van der Waals surface area contributed by atoms with E-state index < -0.39 is 0 Å². The van der Waals surface area contributed by atoms with Crippen molar-refractivity contribution in [2.45, 2.75) is 20.5 Å². The molecule has 0 bridgehead atoms. The topological polar surface area (TPSA) is 26.3 Å². The number of ketones is 1. The summed E-state index contributed by atoms with van der Waals surface area (Å²) >= 11 is 0. The Labute approximate surface area is 142 Å². The van der Waals surface area contributed by atoms with Crippen LogP contribution in [0.4, 0.5) is 0 Å². The molecule has 2 nitrogen and oxygen atoms in total. The molecule has 0 aliphatic rings. The predicted octanol–water partition coefficient (Wildman–Crippen LogP) is 5.44. The fourth-order valence-electron chi connectivity index (χ4n) is 2.65. The molecule has 0 atom stereocenters. The van der Waals surface area contributed by atoms with Gasteiger partial charge in [0.05, 0.1) is 0 Å². The summed E-state index contributed by atoms with van der Waals surface area (Å²) in [5, 5.41) is 0. The summed E-state index contributed by atoms with van der Waals surface area (Å²) in [6.07, 6.45) is 0. The first kappa shape index (κ1) is 16.0. The SMILES string of the molecule is CC(=O)c1ccc(C)c(-c2cccc(OCc3ccccc3)c2)c1. The van der Waals surface area contributed by atoms with Crippen LogP contribution >= 0.6 is 0 Å². The third-order valence-electron chi connectivity index (χ3n) is 4.04. The Bertz CT molecular complexity index is 851. The summed E-state index contributed by atoms with van der Waals surface area (Å²) in [5.74, 6) is 0.900. The number of hydrogen-bond donors (Lipinski definition) is 0. The Balaban J connectivity index is 1.85. The van der Waals surface area contributed by atoms with Crippen LogP contribution in [-0.4, -0.2) is 5.78 Å². The largest absolute Gasteiger partial charge is 0.489 e. The number of Topliss-reactive ketones (excluding diaryl/α,β-unsaturated/α-hetero) is 1. The zero-order chi connectivity index (χ0) is 16.9. The Morgan fingerprint density at radius 2 is 1.71 bits per heavy atom. The van der Waals surface area contributed by atoms with Crippen molar-refractivity contribution in [2.24, 2.45) is 0 Å². The molecule has 0 fully saturated rings. The minimum Gasteiger partial charge on any atom is -0.489 e. The molecule has 0 aliphatic carbocycles. The third kappa shape index (κ3) is 3.72. The second kappa shape index (κ2) is 7.14. The summed E-state index contributed by atoms with van der Waals surface area (Å²) in [7, 11) is 0. The minimum atomic E-state index is 0.0766. The Hall–Kier alpha value is -2.87. The van der Waals surface area contributed by atoms with Crippen molar-refractivity contribution in [3.05, 3.63) is 89.5 Å². The van der Waals surface area contributed by atoms with E-state index in [1.54, 1.807) is 6.92 Å². The van der Waals surface area contributed by atoms with Crippen molar-refractivity contribution in [2.75, 3.05) is 0 Å². The summed E-state index contributed by atoms with van der Waals surface area (Å²) in [6, 6.07) is 23.9. The normalized spacial score (nSPS) is 10.4. The Morgan fingerprint density at radius 3 is 2.46 bits per heavy atom. The average molecular weight is 316 g/mol. The minimum absolute atomic E-state index is 0.0766. The van der Waals surface area contributed by atoms with E-state index in [0.29, 0.717) is 6.61 Å². The van der Waals surface area contributed by atoms with Gasteiger partial charge in [-0.25, -0.2) is 0 Å². The first-order valence-electron chi connectivity index (χ1n) is 8.02. The van der Waals surface area contributed by atoms with Gasteiger partial charge >= 0.3 is 0 Å². The molecule has 0 heterocycles. The smallest absolute Gasteiger partial charge is 0.159 e. The second-order valence-electron chi connectivity index (χ2n) is 5.89. The number of rotatable bonds is 5. The first-order chi connectivity index (χ1) is 11.6. The second-order valence-corrected chi connectivity index (χ2v) is 5.89. The van der Waals surface area contributed by atoms with Crippen molar-refractivity contribution in [3.63, 3.8) is 0 Å². The van der Waals surface area contributed by atoms with Crippen molar-refractivity contribution in [1.82, 2.24) is 0 Å². The van der Waals surface area contributed by atoms with Crippen LogP contribution in [0.2, 0.25) is 0 Å². The lowest BCUT2D eigenvalue weighted by Crippen LogP contribution is -1.96. The molecule has 0 spiro atoms. The number of aryl methyl sites for hydroxylation is 1. The maximum Gasteiger partial charge on any atom is 0.159 e. The third-order valence-corrected chi connectivity index (χ3v) is 4.04. The van der Waals surface area contributed by atoms with E-state index in [1.165, 1.54) is 0 Å². The van der Waals surface area contributed by atoms with Crippen molar-refractivity contribution in [1.29, 1.82) is 0 Å². The van der Waals surface area contributed by atoms with Gasteiger partial charge in [0, 0.05) is 5.56 Å². The van der Waals surface area contributed by atoms with Gasteiger partial charge in [-0.05, 0) is 54.3 Å². The van der Waals surface area contributed by atoms with Gasteiger partial charge in [-0.15, -0.1) is 0 Å². The molecular formula is C22H20O2. The lowest BCUT2D eigenvalue weighted by molar-refractivity contribution is 0.101. The van der Waals surface area contributed by atoms with Crippen LogP contribution in [0, 0.1) is 6.92 Å². The number of hydrogen-bond acceptors (Lipinski definition) is 2. The summed E-state index contributed by atoms with van der Waals surface area (Å²) in [6.45, 7) is 4.18. The maximum atomic E-state index is 11.6. The number of benzene rings is 3. The van der Waals surface area contributed by atoms with E-state index in [0.717, 1.165) is 33.6 Å². The highest BCUT2D eigenvalue weighted by atomic mass is 16.5. The van der Waals surface area contributed by atoms with Crippen molar-refractivity contribution < 1.29 is 9.53 Å². The maximum absolute atomic E-state index is 11.6. The van der Waals surface area contributed by atoms with E-state index in [-0.39, 0.29) is 5.78 Å². The quantitative estimate of drug-likeness (QED) is 0.586. The lowest BCUT2D eigenvalue weighted by atomic mass is 9.97. The standard InChI is InChI=1S/C22H20O2/c1-16-11-12-19(17(2)23)14-22(16)20-9-6-10-21(13-20)24-15-18-7-4-3-5-8-18/h3-14H,15H2,1-2H3. The highest BCUT2D eigenvalue weighted by Gasteiger charge is 2.07. The fraction of sp³-hybridized carbons (Fsp3) is 0.136. The van der Waals surface area contributed by atoms with Crippen molar-refractivity contribution in [3.8, 4) is 16.9 Å². The van der Waals surface area contributed by atoms with Gasteiger partial charge in [-0.2, -0.15) is 0 Å². The van der Waals surface area contributed by atoms with Gasteiger partial charge < -0.3 is 4.74 Å². The molecule has 0 N–H and O–H groups in total. The molecule has 0 radical (unpaired) electrons. The molecule has 3 aromatic rings. The van der Waals surface area contributed by atoms with E-state index in [9.17, 15) is 4.79 Å².